The standard InChI is InChI=1S/C17H24N2O3/c1-11(2)14-5-4-12(3)16(10-14)18-17(22-18)13-6-8-15(9-7-13)19(20)21/h6-9,11-12,14,16-17H,4-5,10H2,1-3H3. The minimum atomic E-state index is -0.369. The van der Waals surface area contributed by atoms with Gasteiger partial charge in [0.15, 0.2) is 6.23 Å². The Morgan fingerprint density at radius 2 is 1.95 bits per heavy atom. The van der Waals surface area contributed by atoms with Crippen molar-refractivity contribution in [3.8, 4) is 0 Å². The van der Waals surface area contributed by atoms with E-state index in [1.807, 2.05) is 0 Å². The number of hydroxylamine groups is 2. The van der Waals surface area contributed by atoms with E-state index in [1.54, 1.807) is 24.3 Å². The molecule has 5 nitrogen and oxygen atoms in total. The van der Waals surface area contributed by atoms with Crippen LogP contribution in [0.5, 0.6) is 0 Å². The van der Waals surface area contributed by atoms with Crippen molar-refractivity contribution in [3.05, 3.63) is 39.9 Å². The summed E-state index contributed by atoms with van der Waals surface area (Å²) < 4.78 is 0. The third-order valence-electron chi connectivity index (χ3n) is 5.26. The van der Waals surface area contributed by atoms with E-state index < -0.39 is 0 Å². The molecule has 0 bridgehead atoms. The minimum absolute atomic E-state index is 0.0285. The summed E-state index contributed by atoms with van der Waals surface area (Å²) in [6, 6.07) is 7.17. The Hall–Kier alpha value is -1.46. The Kier molecular flexibility index (Phi) is 4.19. The summed E-state index contributed by atoms with van der Waals surface area (Å²) in [7, 11) is 0. The van der Waals surface area contributed by atoms with Crippen LogP contribution in [0.15, 0.2) is 24.3 Å². The molecule has 5 atom stereocenters. The highest BCUT2D eigenvalue weighted by Crippen LogP contribution is 2.46. The minimum Gasteiger partial charge on any atom is -0.270 e. The molecule has 1 saturated carbocycles. The van der Waals surface area contributed by atoms with E-state index in [-0.39, 0.29) is 16.8 Å². The van der Waals surface area contributed by atoms with Crippen LogP contribution in [0.3, 0.4) is 0 Å². The number of nitro groups is 1. The quantitative estimate of drug-likeness (QED) is 0.472. The molecule has 0 radical (unpaired) electrons. The van der Waals surface area contributed by atoms with Crippen molar-refractivity contribution in [3.63, 3.8) is 0 Å². The highest BCUT2D eigenvalue weighted by molar-refractivity contribution is 5.34. The average Bonchev–Trinajstić information content (AvgIpc) is 3.28. The fourth-order valence-corrected chi connectivity index (χ4v) is 3.60. The number of nitrogens with zero attached hydrogens (tertiary/aromatic N) is 2. The highest BCUT2D eigenvalue weighted by atomic mass is 16.8. The summed E-state index contributed by atoms with van der Waals surface area (Å²) in [4.78, 5) is 16.2. The highest BCUT2D eigenvalue weighted by Gasteiger charge is 2.47. The Balaban J connectivity index is 1.66. The fourth-order valence-electron chi connectivity index (χ4n) is 3.60. The van der Waals surface area contributed by atoms with Gasteiger partial charge < -0.3 is 0 Å². The molecule has 1 saturated heterocycles. The third-order valence-corrected chi connectivity index (χ3v) is 5.26. The van der Waals surface area contributed by atoms with E-state index in [0.717, 1.165) is 11.5 Å². The van der Waals surface area contributed by atoms with Crippen LogP contribution in [0.25, 0.3) is 0 Å². The summed E-state index contributed by atoms with van der Waals surface area (Å²) >= 11 is 0. The maximum absolute atomic E-state index is 10.7. The Labute approximate surface area is 131 Å². The van der Waals surface area contributed by atoms with Crippen LogP contribution in [0, 0.1) is 27.9 Å². The van der Waals surface area contributed by atoms with Crippen LogP contribution >= 0.6 is 0 Å². The molecule has 5 heteroatoms. The first-order valence-corrected chi connectivity index (χ1v) is 8.17. The van der Waals surface area contributed by atoms with Gasteiger partial charge in [-0.1, -0.05) is 20.8 Å². The number of hydrogen-bond acceptors (Lipinski definition) is 4. The lowest BCUT2D eigenvalue weighted by Gasteiger charge is -2.35. The first kappa shape index (κ1) is 15.4. The molecule has 1 heterocycles. The van der Waals surface area contributed by atoms with Gasteiger partial charge in [-0.25, -0.2) is 0 Å². The van der Waals surface area contributed by atoms with Gasteiger partial charge in [0.05, 0.1) is 4.92 Å². The molecule has 0 N–H and O–H groups in total. The van der Waals surface area contributed by atoms with E-state index in [4.69, 9.17) is 4.84 Å². The summed E-state index contributed by atoms with van der Waals surface area (Å²) in [6.45, 7) is 6.90. The van der Waals surface area contributed by atoms with Crippen molar-refractivity contribution in [2.24, 2.45) is 17.8 Å². The van der Waals surface area contributed by atoms with Crippen LogP contribution < -0.4 is 0 Å². The second-order valence-corrected chi connectivity index (χ2v) is 7.03. The number of non-ortho nitro benzene ring substituents is 1. The summed E-state index contributed by atoms with van der Waals surface area (Å²) in [5, 5.41) is 12.8. The Morgan fingerprint density at radius 3 is 2.55 bits per heavy atom. The zero-order chi connectivity index (χ0) is 15.9. The number of hydrogen-bond donors (Lipinski definition) is 0. The van der Waals surface area contributed by atoms with Crippen LogP contribution in [-0.2, 0) is 4.84 Å². The van der Waals surface area contributed by atoms with Crippen molar-refractivity contribution < 1.29 is 9.76 Å². The number of benzene rings is 1. The van der Waals surface area contributed by atoms with Gasteiger partial charge in [-0.3, -0.25) is 15.0 Å². The molecule has 2 aliphatic rings. The van der Waals surface area contributed by atoms with Gasteiger partial charge in [0, 0.05) is 23.7 Å². The lowest BCUT2D eigenvalue weighted by molar-refractivity contribution is -0.384. The summed E-state index contributed by atoms with van der Waals surface area (Å²) in [5.74, 6) is 2.12. The monoisotopic (exact) mass is 304 g/mol. The molecule has 1 aliphatic carbocycles. The fraction of sp³-hybridized carbons (Fsp3) is 0.647. The second-order valence-electron chi connectivity index (χ2n) is 7.03. The number of nitro benzene ring substituents is 1. The lowest BCUT2D eigenvalue weighted by Crippen LogP contribution is -2.35. The third kappa shape index (κ3) is 3.01. The smallest absolute Gasteiger partial charge is 0.269 e. The van der Waals surface area contributed by atoms with E-state index in [1.165, 1.54) is 19.3 Å². The normalized spacial score (nSPS) is 34.6. The van der Waals surface area contributed by atoms with Gasteiger partial charge in [-0.15, -0.1) is 5.06 Å². The molecule has 0 aromatic heterocycles. The molecular weight excluding hydrogens is 280 g/mol. The number of rotatable bonds is 4. The lowest BCUT2D eigenvalue weighted by atomic mass is 9.74. The Bertz CT molecular complexity index is 543. The Morgan fingerprint density at radius 1 is 1.27 bits per heavy atom. The zero-order valence-electron chi connectivity index (χ0n) is 13.4. The van der Waals surface area contributed by atoms with E-state index in [9.17, 15) is 10.1 Å². The van der Waals surface area contributed by atoms with Crippen molar-refractivity contribution >= 4 is 5.69 Å². The molecule has 2 fully saturated rings. The van der Waals surface area contributed by atoms with Crippen molar-refractivity contribution in [2.75, 3.05) is 0 Å². The molecule has 1 aromatic rings. The summed E-state index contributed by atoms with van der Waals surface area (Å²) in [6.07, 6.45) is 3.72. The first-order chi connectivity index (χ1) is 10.5. The average molecular weight is 304 g/mol. The van der Waals surface area contributed by atoms with Crippen molar-refractivity contribution in [1.82, 2.24) is 5.06 Å². The van der Waals surface area contributed by atoms with E-state index in [2.05, 4.69) is 25.8 Å². The van der Waals surface area contributed by atoms with Gasteiger partial charge >= 0.3 is 0 Å². The second kappa shape index (κ2) is 5.97. The van der Waals surface area contributed by atoms with Crippen LogP contribution in [-0.4, -0.2) is 16.0 Å². The van der Waals surface area contributed by atoms with Crippen LogP contribution in [0.4, 0.5) is 5.69 Å². The van der Waals surface area contributed by atoms with E-state index >= 15 is 0 Å². The SMILES string of the molecule is CC(C)C1CCC(C)C(N2OC2c2ccc([N+](=O)[O-])cc2)C1. The summed E-state index contributed by atoms with van der Waals surface area (Å²) in [5.41, 5.74) is 1.13. The molecular formula is C17H24N2O3. The van der Waals surface area contributed by atoms with Crippen molar-refractivity contribution in [1.29, 1.82) is 0 Å². The van der Waals surface area contributed by atoms with Crippen molar-refractivity contribution in [2.45, 2.75) is 52.3 Å². The molecule has 0 amide bonds. The van der Waals surface area contributed by atoms with Gasteiger partial charge in [0.2, 0.25) is 0 Å². The zero-order valence-corrected chi connectivity index (χ0v) is 13.4. The largest absolute Gasteiger partial charge is 0.270 e. The van der Waals surface area contributed by atoms with Crippen LogP contribution in [0.2, 0.25) is 0 Å². The molecule has 120 valence electrons. The molecule has 3 rings (SSSR count). The molecule has 0 spiro atoms. The molecule has 5 unspecified atom stereocenters. The maximum atomic E-state index is 10.7. The maximum Gasteiger partial charge on any atom is 0.269 e. The molecule has 22 heavy (non-hydrogen) atoms. The molecule has 1 aliphatic heterocycles. The predicted molar refractivity (Wildman–Crippen MR) is 83.9 cm³/mol. The van der Waals surface area contributed by atoms with E-state index in [0.29, 0.717) is 17.9 Å². The van der Waals surface area contributed by atoms with Gasteiger partial charge in [0.1, 0.15) is 0 Å². The van der Waals surface area contributed by atoms with Crippen LogP contribution in [0.1, 0.15) is 51.8 Å². The topological polar surface area (TPSA) is 58.7 Å². The van der Waals surface area contributed by atoms with Gasteiger partial charge in [-0.2, -0.15) is 0 Å². The predicted octanol–water partition coefficient (Wildman–Crippen LogP) is 4.30. The molecule has 1 aromatic carbocycles. The van der Waals surface area contributed by atoms with Gasteiger partial charge in [0.25, 0.3) is 5.69 Å². The first-order valence-electron chi connectivity index (χ1n) is 8.17. The van der Waals surface area contributed by atoms with Gasteiger partial charge in [-0.05, 0) is 49.1 Å².